The van der Waals surface area contributed by atoms with Crippen molar-refractivity contribution in [1.82, 2.24) is 9.80 Å². The van der Waals surface area contributed by atoms with Crippen LogP contribution in [0.4, 0.5) is 5.69 Å². The van der Waals surface area contributed by atoms with Gasteiger partial charge in [-0.1, -0.05) is 18.2 Å². The fourth-order valence-corrected chi connectivity index (χ4v) is 4.21. The largest absolute Gasteiger partial charge is 0.311 e. The van der Waals surface area contributed by atoms with E-state index >= 15 is 0 Å². The number of aryl methyl sites for hydroxylation is 1. The predicted molar refractivity (Wildman–Crippen MR) is 104 cm³/mol. The lowest BCUT2D eigenvalue weighted by atomic mass is 9.92. The average molecular weight is 344 g/mol. The smallest absolute Gasteiger partial charge is 0.244 e. The van der Waals surface area contributed by atoms with Crippen molar-refractivity contribution in [2.24, 2.45) is 5.92 Å². The molecule has 1 unspecified atom stereocenters. The highest BCUT2D eigenvalue weighted by Gasteiger charge is 2.31. The van der Waals surface area contributed by atoms with Crippen molar-refractivity contribution in [3.63, 3.8) is 0 Å². The molecule has 0 aromatic heterocycles. The maximum absolute atomic E-state index is 13.1. The van der Waals surface area contributed by atoms with E-state index in [-0.39, 0.29) is 11.9 Å². The van der Waals surface area contributed by atoms with E-state index < -0.39 is 0 Å². The van der Waals surface area contributed by atoms with Crippen molar-refractivity contribution in [2.45, 2.75) is 45.1 Å². The molecule has 25 heavy (non-hydrogen) atoms. The van der Waals surface area contributed by atoms with Crippen LogP contribution in [0.15, 0.2) is 24.3 Å². The first-order valence-corrected chi connectivity index (χ1v) is 9.84. The molecule has 1 aromatic rings. The van der Waals surface area contributed by atoms with Gasteiger partial charge in [-0.25, -0.2) is 0 Å². The van der Waals surface area contributed by atoms with Crippen LogP contribution in [-0.4, -0.2) is 62.0 Å². The van der Waals surface area contributed by atoms with E-state index in [9.17, 15) is 4.79 Å². The summed E-state index contributed by atoms with van der Waals surface area (Å²) in [6.07, 6.45) is 5.89. The number of carbonyl (C=O) groups is 1. The molecule has 4 heteroatoms. The molecule has 0 saturated carbocycles. The van der Waals surface area contributed by atoms with Crippen LogP contribution in [0.5, 0.6) is 0 Å². The van der Waals surface area contributed by atoms with Gasteiger partial charge in [-0.2, -0.15) is 0 Å². The Bertz CT molecular complexity index is 578. The van der Waals surface area contributed by atoms with Gasteiger partial charge in [0, 0.05) is 12.2 Å². The summed E-state index contributed by atoms with van der Waals surface area (Å²) in [7, 11) is 4.29. The van der Waals surface area contributed by atoms with Gasteiger partial charge in [-0.05, 0) is 90.3 Å². The highest BCUT2D eigenvalue weighted by atomic mass is 16.2. The second-order valence-corrected chi connectivity index (χ2v) is 7.97. The van der Waals surface area contributed by atoms with Crippen LogP contribution < -0.4 is 4.90 Å². The highest BCUT2D eigenvalue weighted by Crippen LogP contribution is 2.29. The number of rotatable bonds is 5. The van der Waals surface area contributed by atoms with Crippen LogP contribution in [0.25, 0.3) is 0 Å². The number of nitrogens with zero attached hydrogens (tertiary/aromatic N) is 3. The Morgan fingerprint density at radius 2 is 1.92 bits per heavy atom. The van der Waals surface area contributed by atoms with E-state index in [0.717, 1.165) is 44.1 Å². The molecule has 0 spiro atoms. The molecule has 1 fully saturated rings. The first-order valence-electron chi connectivity index (χ1n) is 9.84. The van der Waals surface area contributed by atoms with Crippen LogP contribution in [-0.2, 0) is 11.2 Å². The summed E-state index contributed by atoms with van der Waals surface area (Å²) in [4.78, 5) is 19.8. The summed E-state index contributed by atoms with van der Waals surface area (Å²) in [5.41, 5.74) is 2.45. The van der Waals surface area contributed by atoms with Crippen molar-refractivity contribution >= 4 is 11.6 Å². The van der Waals surface area contributed by atoms with Crippen LogP contribution in [0, 0.1) is 5.92 Å². The third kappa shape index (κ3) is 4.42. The topological polar surface area (TPSA) is 26.8 Å². The van der Waals surface area contributed by atoms with Gasteiger partial charge in [0.2, 0.25) is 5.91 Å². The molecule has 2 aliphatic rings. The van der Waals surface area contributed by atoms with Crippen LogP contribution in [0.1, 0.15) is 38.2 Å². The minimum Gasteiger partial charge on any atom is -0.311 e. The lowest BCUT2D eigenvalue weighted by Gasteiger charge is -2.39. The fourth-order valence-electron chi connectivity index (χ4n) is 4.21. The molecule has 0 bridgehead atoms. The number of likely N-dealkylation sites (tertiary alicyclic amines) is 1. The zero-order valence-corrected chi connectivity index (χ0v) is 16.1. The van der Waals surface area contributed by atoms with Crippen molar-refractivity contribution in [3.05, 3.63) is 29.8 Å². The Balaban J connectivity index is 1.57. The molecule has 0 N–H and O–H groups in total. The van der Waals surface area contributed by atoms with Gasteiger partial charge in [-0.3, -0.25) is 9.69 Å². The van der Waals surface area contributed by atoms with Crippen molar-refractivity contribution in [3.8, 4) is 0 Å². The Morgan fingerprint density at radius 1 is 1.20 bits per heavy atom. The number of anilines is 1. The maximum Gasteiger partial charge on any atom is 0.244 e. The van der Waals surface area contributed by atoms with Crippen molar-refractivity contribution in [1.29, 1.82) is 0 Å². The van der Waals surface area contributed by atoms with E-state index in [4.69, 9.17) is 0 Å². The van der Waals surface area contributed by atoms with Gasteiger partial charge < -0.3 is 9.80 Å². The number of fused-ring (bicyclic) bond motifs is 1. The number of hydrogen-bond donors (Lipinski definition) is 0. The SMILES string of the molecule is CC(C(=O)N1CCCc2ccccc21)N1CCC(CCN(C)C)CC1. The predicted octanol–water partition coefficient (Wildman–Crippen LogP) is 3.02. The lowest BCUT2D eigenvalue weighted by molar-refractivity contribution is -0.123. The quantitative estimate of drug-likeness (QED) is 0.822. The van der Waals surface area contributed by atoms with Crippen LogP contribution in [0.3, 0.4) is 0 Å². The summed E-state index contributed by atoms with van der Waals surface area (Å²) in [5, 5.41) is 0. The van der Waals surface area contributed by atoms with Gasteiger partial charge >= 0.3 is 0 Å². The highest BCUT2D eigenvalue weighted by molar-refractivity contribution is 5.98. The summed E-state index contributed by atoms with van der Waals surface area (Å²) < 4.78 is 0. The molecule has 1 amide bonds. The molecule has 4 nitrogen and oxygen atoms in total. The fraction of sp³-hybridized carbons (Fsp3) is 0.667. The van der Waals surface area contributed by atoms with Gasteiger partial charge in [0.1, 0.15) is 0 Å². The zero-order valence-electron chi connectivity index (χ0n) is 16.1. The molecule has 1 atom stereocenters. The summed E-state index contributed by atoms with van der Waals surface area (Å²) in [5.74, 6) is 1.09. The number of benzene rings is 1. The summed E-state index contributed by atoms with van der Waals surface area (Å²) in [6.45, 7) is 6.24. The molecule has 138 valence electrons. The van der Waals surface area contributed by atoms with E-state index in [1.165, 1.54) is 31.4 Å². The zero-order chi connectivity index (χ0) is 17.8. The monoisotopic (exact) mass is 343 g/mol. The molecule has 1 aromatic carbocycles. The van der Waals surface area contributed by atoms with Gasteiger partial charge in [-0.15, -0.1) is 0 Å². The molecule has 3 rings (SSSR count). The number of amides is 1. The van der Waals surface area contributed by atoms with Crippen LogP contribution in [0.2, 0.25) is 0 Å². The molecule has 2 heterocycles. The second kappa shape index (κ2) is 8.33. The minimum atomic E-state index is -0.0130. The minimum absolute atomic E-state index is 0.0130. The summed E-state index contributed by atoms with van der Waals surface area (Å²) >= 11 is 0. The molecule has 1 saturated heterocycles. The molecule has 2 aliphatic heterocycles. The second-order valence-electron chi connectivity index (χ2n) is 7.97. The Morgan fingerprint density at radius 3 is 2.64 bits per heavy atom. The third-order valence-corrected chi connectivity index (χ3v) is 5.92. The maximum atomic E-state index is 13.1. The molecule has 0 aliphatic carbocycles. The van der Waals surface area contributed by atoms with Gasteiger partial charge in [0.05, 0.1) is 6.04 Å². The first kappa shape index (κ1) is 18.4. The normalized spacial score (nSPS) is 20.6. The van der Waals surface area contributed by atoms with E-state index in [0.29, 0.717) is 0 Å². The number of carbonyl (C=O) groups excluding carboxylic acids is 1. The number of para-hydroxylation sites is 1. The number of hydrogen-bond acceptors (Lipinski definition) is 3. The standard InChI is InChI=1S/C21H33N3O/c1-17(23-15-11-18(12-16-23)10-14-22(2)3)21(25)24-13-6-8-19-7-4-5-9-20(19)24/h4-5,7,9,17-18H,6,8,10-16H2,1-3H3. The van der Waals surface area contributed by atoms with E-state index in [2.05, 4.69) is 49.0 Å². The average Bonchev–Trinajstić information content (AvgIpc) is 2.65. The van der Waals surface area contributed by atoms with Gasteiger partial charge in [0.25, 0.3) is 0 Å². The Labute approximate surface area is 152 Å². The van der Waals surface area contributed by atoms with Crippen molar-refractivity contribution < 1.29 is 4.79 Å². The number of piperidine rings is 1. The molecular weight excluding hydrogens is 310 g/mol. The molecular formula is C21H33N3O. The summed E-state index contributed by atoms with van der Waals surface area (Å²) in [6, 6.07) is 8.38. The van der Waals surface area contributed by atoms with Crippen LogP contribution >= 0.6 is 0 Å². The van der Waals surface area contributed by atoms with E-state index in [1.54, 1.807) is 0 Å². The van der Waals surface area contributed by atoms with Crippen molar-refractivity contribution in [2.75, 3.05) is 45.2 Å². The lowest BCUT2D eigenvalue weighted by Crippen LogP contribution is -2.51. The van der Waals surface area contributed by atoms with Gasteiger partial charge in [0.15, 0.2) is 0 Å². The molecule has 0 radical (unpaired) electrons. The van der Waals surface area contributed by atoms with E-state index in [1.807, 2.05) is 11.0 Å². The Kier molecular flexibility index (Phi) is 6.13. The Hall–Kier alpha value is -1.39. The first-order chi connectivity index (χ1) is 12.1. The third-order valence-electron chi connectivity index (χ3n) is 5.92.